The molecule has 1 N–H and O–H groups in total. The lowest BCUT2D eigenvalue weighted by molar-refractivity contribution is -0.121. The molecule has 1 unspecified atom stereocenters. The van der Waals surface area contributed by atoms with E-state index >= 15 is 0 Å². The second kappa shape index (κ2) is 4.07. The van der Waals surface area contributed by atoms with Crippen LogP contribution in [0.5, 0.6) is 11.5 Å². The van der Waals surface area contributed by atoms with Gasteiger partial charge in [0, 0.05) is 24.9 Å². The maximum Gasteiger partial charge on any atom is 0.176 e. The third kappa shape index (κ3) is 1.60. The molecular formula is C11H13NO3S. The van der Waals surface area contributed by atoms with Crippen molar-refractivity contribution < 1.29 is 14.3 Å². The van der Waals surface area contributed by atoms with Crippen molar-refractivity contribution in [2.45, 2.75) is 12.3 Å². The van der Waals surface area contributed by atoms with Crippen LogP contribution in [0.25, 0.3) is 0 Å². The highest BCUT2D eigenvalue weighted by molar-refractivity contribution is 7.10. The molecule has 4 nitrogen and oxygen atoms in total. The Bertz CT molecular complexity index is 415. The molecule has 2 aliphatic rings. The summed E-state index contributed by atoms with van der Waals surface area (Å²) >= 11 is 1.56. The van der Waals surface area contributed by atoms with Crippen LogP contribution in [0.3, 0.4) is 0 Å². The fraction of sp³-hybridized carbons (Fsp3) is 0.545. The van der Waals surface area contributed by atoms with Crippen LogP contribution >= 0.6 is 11.3 Å². The number of carbonyl (C=O) groups is 1. The molecule has 0 saturated carbocycles. The van der Waals surface area contributed by atoms with Gasteiger partial charge in [-0.15, -0.1) is 11.3 Å². The van der Waals surface area contributed by atoms with Gasteiger partial charge in [-0.2, -0.15) is 0 Å². The van der Waals surface area contributed by atoms with Gasteiger partial charge in [0.15, 0.2) is 11.5 Å². The second-order valence-electron chi connectivity index (χ2n) is 3.96. The van der Waals surface area contributed by atoms with Crippen LogP contribution in [0.4, 0.5) is 0 Å². The number of hydrogen-bond acceptors (Lipinski definition) is 5. The van der Waals surface area contributed by atoms with E-state index in [1.54, 1.807) is 11.3 Å². The van der Waals surface area contributed by atoms with Crippen LogP contribution in [0, 0.1) is 0 Å². The molecule has 1 fully saturated rings. The molecule has 86 valence electrons. The number of ketones is 1. The van der Waals surface area contributed by atoms with Crippen LogP contribution in [-0.4, -0.2) is 32.1 Å². The summed E-state index contributed by atoms with van der Waals surface area (Å²) in [5.41, 5.74) is 0. The molecule has 3 heterocycles. The average molecular weight is 239 g/mol. The van der Waals surface area contributed by atoms with Crippen molar-refractivity contribution in [3.63, 3.8) is 0 Å². The van der Waals surface area contributed by atoms with Gasteiger partial charge in [-0.1, -0.05) is 0 Å². The van der Waals surface area contributed by atoms with E-state index in [1.807, 2.05) is 5.38 Å². The van der Waals surface area contributed by atoms with E-state index in [0.717, 1.165) is 29.5 Å². The van der Waals surface area contributed by atoms with E-state index in [-0.39, 0.29) is 5.92 Å². The number of rotatable bonds is 1. The number of nitrogens with one attached hydrogen (secondary N) is 1. The number of carbonyl (C=O) groups excluding carboxylic acids is 1. The van der Waals surface area contributed by atoms with Gasteiger partial charge >= 0.3 is 0 Å². The maximum atomic E-state index is 11.8. The van der Waals surface area contributed by atoms with E-state index in [1.165, 1.54) is 0 Å². The Morgan fingerprint density at radius 3 is 3.12 bits per heavy atom. The molecule has 3 rings (SSSR count). The van der Waals surface area contributed by atoms with Crippen LogP contribution in [0.1, 0.15) is 17.2 Å². The van der Waals surface area contributed by atoms with E-state index in [0.29, 0.717) is 25.4 Å². The Morgan fingerprint density at radius 2 is 2.25 bits per heavy atom. The zero-order valence-corrected chi connectivity index (χ0v) is 9.64. The van der Waals surface area contributed by atoms with Gasteiger partial charge in [0.2, 0.25) is 0 Å². The average Bonchev–Trinajstić information content (AvgIpc) is 2.74. The highest BCUT2D eigenvalue weighted by Gasteiger charge is 2.30. The lowest BCUT2D eigenvalue weighted by Gasteiger charge is -2.23. The summed E-state index contributed by atoms with van der Waals surface area (Å²) < 4.78 is 11.1. The molecule has 2 aliphatic heterocycles. The number of Topliss-reactive ketones (excluding diaryl/α,β-unsaturated/α-hetero) is 1. The molecule has 0 radical (unpaired) electrons. The Kier molecular flexibility index (Phi) is 2.57. The summed E-state index contributed by atoms with van der Waals surface area (Å²) in [4.78, 5) is 12.9. The predicted molar refractivity (Wildman–Crippen MR) is 60.5 cm³/mol. The summed E-state index contributed by atoms with van der Waals surface area (Å²) in [6, 6.07) is 0. The first kappa shape index (κ1) is 10.1. The molecule has 1 aromatic rings. The van der Waals surface area contributed by atoms with Gasteiger partial charge in [-0.05, 0) is 0 Å². The minimum Gasteiger partial charge on any atom is -0.485 e. The first-order chi connectivity index (χ1) is 7.86. The van der Waals surface area contributed by atoms with Crippen molar-refractivity contribution in [3.05, 3.63) is 10.3 Å². The molecule has 0 aromatic carbocycles. The normalized spacial score (nSPS) is 24.5. The van der Waals surface area contributed by atoms with Crippen molar-refractivity contribution in [2.24, 2.45) is 0 Å². The van der Waals surface area contributed by atoms with Crippen molar-refractivity contribution in [3.8, 4) is 11.5 Å². The van der Waals surface area contributed by atoms with Crippen LogP contribution in [0.15, 0.2) is 5.38 Å². The molecule has 0 spiro atoms. The van der Waals surface area contributed by atoms with E-state index in [2.05, 4.69) is 5.32 Å². The van der Waals surface area contributed by atoms with Gasteiger partial charge in [-0.3, -0.25) is 4.79 Å². The number of ether oxygens (including phenoxy) is 2. The summed E-state index contributed by atoms with van der Waals surface area (Å²) in [5.74, 6) is 1.84. The molecule has 16 heavy (non-hydrogen) atoms. The van der Waals surface area contributed by atoms with E-state index in [9.17, 15) is 4.79 Å². The molecular weight excluding hydrogens is 226 g/mol. The molecule has 0 aliphatic carbocycles. The molecule has 1 aromatic heterocycles. The van der Waals surface area contributed by atoms with Crippen LogP contribution in [0.2, 0.25) is 0 Å². The highest BCUT2D eigenvalue weighted by atomic mass is 32.1. The zero-order chi connectivity index (χ0) is 11.0. The number of thiophene rings is 1. The summed E-state index contributed by atoms with van der Waals surface area (Å²) in [6.07, 6.45) is 0.609. The first-order valence-electron chi connectivity index (χ1n) is 5.46. The monoisotopic (exact) mass is 239 g/mol. The second-order valence-corrected chi connectivity index (χ2v) is 4.87. The van der Waals surface area contributed by atoms with Crippen LogP contribution < -0.4 is 14.8 Å². The first-order valence-corrected chi connectivity index (χ1v) is 6.34. The lowest BCUT2D eigenvalue weighted by Crippen LogP contribution is -2.35. The smallest absolute Gasteiger partial charge is 0.176 e. The Labute approximate surface area is 97.6 Å². The topological polar surface area (TPSA) is 47.6 Å². The van der Waals surface area contributed by atoms with Gasteiger partial charge in [0.1, 0.15) is 19.0 Å². The largest absolute Gasteiger partial charge is 0.485 e. The Morgan fingerprint density at radius 1 is 1.38 bits per heavy atom. The van der Waals surface area contributed by atoms with Crippen LogP contribution in [-0.2, 0) is 4.79 Å². The SMILES string of the molecule is O=C1CCNCC1c1scc2c1OCCO2. The summed E-state index contributed by atoms with van der Waals surface area (Å²) in [6.45, 7) is 2.68. The predicted octanol–water partition coefficient (Wildman–Crippen LogP) is 1.17. The van der Waals surface area contributed by atoms with Gasteiger partial charge in [0.05, 0.1) is 10.8 Å². The Balaban J connectivity index is 1.93. The quantitative estimate of drug-likeness (QED) is 0.799. The van der Waals surface area contributed by atoms with Gasteiger partial charge < -0.3 is 14.8 Å². The standard InChI is InChI=1S/C11H13NO3S/c13-8-1-2-12-5-7(8)11-10-9(6-16-11)14-3-4-15-10/h6-7,12H,1-5H2. The third-order valence-corrected chi connectivity index (χ3v) is 3.99. The number of hydrogen-bond donors (Lipinski definition) is 1. The van der Waals surface area contributed by atoms with Crippen molar-refractivity contribution >= 4 is 17.1 Å². The van der Waals surface area contributed by atoms with Crippen molar-refractivity contribution in [2.75, 3.05) is 26.3 Å². The van der Waals surface area contributed by atoms with Crippen molar-refractivity contribution in [1.82, 2.24) is 5.32 Å². The molecule has 1 atom stereocenters. The van der Waals surface area contributed by atoms with E-state index in [4.69, 9.17) is 9.47 Å². The summed E-state index contributed by atoms with van der Waals surface area (Å²) in [5, 5.41) is 5.19. The maximum absolute atomic E-state index is 11.8. The third-order valence-electron chi connectivity index (χ3n) is 2.93. The van der Waals surface area contributed by atoms with Crippen molar-refractivity contribution in [1.29, 1.82) is 0 Å². The molecule has 0 bridgehead atoms. The fourth-order valence-corrected chi connectivity index (χ4v) is 3.16. The number of fused-ring (bicyclic) bond motifs is 1. The fourth-order valence-electron chi connectivity index (χ4n) is 2.11. The Hall–Kier alpha value is -1.07. The number of piperidine rings is 1. The molecule has 5 heteroatoms. The van der Waals surface area contributed by atoms with E-state index < -0.39 is 0 Å². The minimum absolute atomic E-state index is 0.0517. The molecule has 1 saturated heterocycles. The summed E-state index contributed by atoms with van der Waals surface area (Å²) in [7, 11) is 0. The zero-order valence-electron chi connectivity index (χ0n) is 8.82. The highest BCUT2D eigenvalue weighted by Crippen LogP contribution is 2.43. The lowest BCUT2D eigenvalue weighted by atomic mass is 9.96. The van der Waals surface area contributed by atoms with Gasteiger partial charge in [0.25, 0.3) is 0 Å². The minimum atomic E-state index is -0.0517. The van der Waals surface area contributed by atoms with Gasteiger partial charge in [-0.25, -0.2) is 0 Å². The molecule has 0 amide bonds.